The molecule has 0 bridgehead atoms. The molecule has 6 heteroatoms. The van der Waals surface area contributed by atoms with Crippen LogP contribution in [0.15, 0.2) is 22.7 Å². The van der Waals surface area contributed by atoms with Crippen molar-refractivity contribution in [1.29, 1.82) is 0 Å². The summed E-state index contributed by atoms with van der Waals surface area (Å²) in [6.45, 7) is 1.24. The summed E-state index contributed by atoms with van der Waals surface area (Å²) in [5, 5.41) is 11.2. The van der Waals surface area contributed by atoms with Gasteiger partial charge in [0.1, 0.15) is 5.82 Å². The highest BCUT2D eigenvalue weighted by molar-refractivity contribution is 9.10. The molecule has 0 heterocycles. The van der Waals surface area contributed by atoms with Crippen LogP contribution in [0.25, 0.3) is 0 Å². The van der Waals surface area contributed by atoms with Crippen molar-refractivity contribution in [2.45, 2.75) is 6.42 Å². The van der Waals surface area contributed by atoms with Crippen LogP contribution in [-0.2, 0) is 4.74 Å². The number of ether oxygens (including phenoxy) is 1. The van der Waals surface area contributed by atoms with Crippen LogP contribution in [0, 0.1) is 5.82 Å². The van der Waals surface area contributed by atoms with Crippen molar-refractivity contribution < 1.29 is 19.0 Å². The molecule has 1 amide bonds. The van der Waals surface area contributed by atoms with Gasteiger partial charge in [-0.3, -0.25) is 4.79 Å². The second-order valence-corrected chi connectivity index (χ2v) is 4.42. The smallest absolute Gasteiger partial charge is 0.252 e. The monoisotopic (exact) mass is 319 g/mol. The van der Waals surface area contributed by atoms with Gasteiger partial charge in [-0.1, -0.05) is 0 Å². The summed E-state index contributed by atoms with van der Waals surface area (Å²) in [6.07, 6.45) is 0.657. The number of rotatable bonds is 7. The summed E-state index contributed by atoms with van der Waals surface area (Å²) in [4.78, 5) is 11.7. The number of hydrogen-bond acceptors (Lipinski definition) is 3. The number of amides is 1. The molecule has 0 aromatic heterocycles. The highest BCUT2D eigenvalue weighted by atomic mass is 79.9. The zero-order valence-corrected chi connectivity index (χ0v) is 11.4. The molecule has 0 saturated carbocycles. The Morgan fingerprint density at radius 2 is 2.22 bits per heavy atom. The Morgan fingerprint density at radius 3 is 2.89 bits per heavy atom. The largest absolute Gasteiger partial charge is 0.394 e. The Balaban J connectivity index is 2.32. The number of carbonyl (C=O) groups is 1. The Hall–Kier alpha value is -0.980. The van der Waals surface area contributed by atoms with Crippen molar-refractivity contribution in [2.75, 3.05) is 26.4 Å². The molecule has 100 valence electrons. The molecule has 0 aliphatic heterocycles. The molecule has 2 N–H and O–H groups in total. The van der Waals surface area contributed by atoms with Gasteiger partial charge in [-0.15, -0.1) is 0 Å². The first-order chi connectivity index (χ1) is 8.65. The highest BCUT2D eigenvalue weighted by Crippen LogP contribution is 2.17. The Bertz CT molecular complexity index is 401. The fraction of sp³-hybridized carbons (Fsp3) is 0.417. The lowest BCUT2D eigenvalue weighted by molar-refractivity contribution is 0.0867. The van der Waals surface area contributed by atoms with Crippen molar-refractivity contribution >= 4 is 21.8 Å². The molecule has 1 aromatic rings. The Morgan fingerprint density at radius 1 is 1.44 bits per heavy atom. The van der Waals surface area contributed by atoms with Crippen molar-refractivity contribution in [3.05, 3.63) is 34.1 Å². The summed E-state index contributed by atoms with van der Waals surface area (Å²) >= 11 is 3.14. The van der Waals surface area contributed by atoms with Gasteiger partial charge in [0, 0.05) is 17.6 Å². The maximum Gasteiger partial charge on any atom is 0.252 e. The van der Waals surface area contributed by atoms with Gasteiger partial charge in [0.2, 0.25) is 0 Å². The van der Waals surface area contributed by atoms with Gasteiger partial charge in [-0.25, -0.2) is 4.39 Å². The zero-order valence-electron chi connectivity index (χ0n) is 9.79. The van der Waals surface area contributed by atoms with E-state index >= 15 is 0 Å². The van der Waals surface area contributed by atoms with E-state index in [0.29, 0.717) is 36.2 Å². The molecule has 0 saturated heterocycles. The molecular formula is C12H15BrFNO3. The number of carbonyl (C=O) groups excluding carboxylic acids is 1. The molecule has 1 aromatic carbocycles. The van der Waals surface area contributed by atoms with Crippen LogP contribution in [0.1, 0.15) is 16.8 Å². The lowest BCUT2D eigenvalue weighted by atomic mass is 10.2. The van der Waals surface area contributed by atoms with Crippen LogP contribution in [0.2, 0.25) is 0 Å². The topological polar surface area (TPSA) is 58.6 Å². The van der Waals surface area contributed by atoms with E-state index in [-0.39, 0.29) is 12.5 Å². The average Bonchev–Trinajstić information content (AvgIpc) is 2.33. The number of nitrogens with one attached hydrogen (secondary N) is 1. The molecule has 0 atom stereocenters. The van der Waals surface area contributed by atoms with Crippen LogP contribution >= 0.6 is 15.9 Å². The fourth-order valence-corrected chi connectivity index (χ4v) is 1.84. The fourth-order valence-electron chi connectivity index (χ4n) is 1.31. The zero-order chi connectivity index (χ0) is 13.4. The second kappa shape index (κ2) is 8.18. The summed E-state index contributed by atoms with van der Waals surface area (Å²) in [6, 6.07) is 3.92. The van der Waals surface area contributed by atoms with E-state index in [0.717, 1.165) is 0 Å². The van der Waals surface area contributed by atoms with Crippen molar-refractivity contribution in [1.82, 2.24) is 5.32 Å². The van der Waals surface area contributed by atoms with Crippen molar-refractivity contribution in [3.8, 4) is 0 Å². The summed E-state index contributed by atoms with van der Waals surface area (Å²) in [5.41, 5.74) is 0.396. The normalized spacial score (nSPS) is 10.4. The predicted molar refractivity (Wildman–Crippen MR) is 69.0 cm³/mol. The van der Waals surface area contributed by atoms with Crippen molar-refractivity contribution in [3.63, 3.8) is 0 Å². The maximum absolute atomic E-state index is 12.8. The van der Waals surface area contributed by atoms with E-state index in [4.69, 9.17) is 9.84 Å². The Kier molecular flexibility index (Phi) is 6.85. The van der Waals surface area contributed by atoms with Crippen LogP contribution in [0.3, 0.4) is 0 Å². The first-order valence-corrected chi connectivity index (χ1v) is 6.36. The molecule has 0 radical (unpaired) electrons. The standard InChI is InChI=1S/C12H15BrFNO3/c13-11-8-9(14)2-3-10(11)12(17)15-4-1-6-18-7-5-16/h2-3,8,16H,1,4-7H2,(H,15,17). The van der Waals surface area contributed by atoms with Gasteiger partial charge in [-0.05, 0) is 40.5 Å². The molecule has 1 rings (SSSR count). The minimum atomic E-state index is -0.393. The van der Waals surface area contributed by atoms with Gasteiger partial charge in [0.25, 0.3) is 5.91 Å². The first-order valence-electron chi connectivity index (χ1n) is 5.57. The molecule has 0 aliphatic rings. The predicted octanol–water partition coefficient (Wildman–Crippen LogP) is 1.72. The lowest BCUT2D eigenvalue weighted by Gasteiger charge is -2.07. The minimum absolute atomic E-state index is 0.00507. The maximum atomic E-state index is 12.8. The molecule has 4 nitrogen and oxygen atoms in total. The van der Waals surface area contributed by atoms with Gasteiger partial charge in [0.15, 0.2) is 0 Å². The van der Waals surface area contributed by atoms with Gasteiger partial charge < -0.3 is 15.2 Å². The third-order valence-corrected chi connectivity index (χ3v) is 2.82. The van der Waals surface area contributed by atoms with E-state index < -0.39 is 5.82 Å². The Labute approximate surface area is 113 Å². The molecule has 18 heavy (non-hydrogen) atoms. The number of aliphatic hydroxyl groups is 1. The lowest BCUT2D eigenvalue weighted by Crippen LogP contribution is -2.25. The van der Waals surface area contributed by atoms with E-state index in [2.05, 4.69) is 21.2 Å². The van der Waals surface area contributed by atoms with Crippen molar-refractivity contribution in [2.24, 2.45) is 0 Å². The molecule has 0 fully saturated rings. The summed E-state index contributed by atoms with van der Waals surface area (Å²) < 4.78 is 18.3. The third-order valence-electron chi connectivity index (χ3n) is 2.16. The number of halogens is 2. The number of aliphatic hydroxyl groups excluding tert-OH is 1. The SMILES string of the molecule is O=C(NCCCOCCO)c1ccc(F)cc1Br. The third kappa shape index (κ3) is 5.12. The van der Waals surface area contributed by atoms with Gasteiger partial charge >= 0.3 is 0 Å². The number of hydrogen-bond donors (Lipinski definition) is 2. The van der Waals surface area contributed by atoms with Crippen LogP contribution in [-0.4, -0.2) is 37.4 Å². The minimum Gasteiger partial charge on any atom is -0.394 e. The number of benzene rings is 1. The second-order valence-electron chi connectivity index (χ2n) is 3.57. The van der Waals surface area contributed by atoms with E-state index in [1.54, 1.807) is 0 Å². The molecule has 0 spiro atoms. The van der Waals surface area contributed by atoms with Crippen LogP contribution < -0.4 is 5.32 Å². The van der Waals surface area contributed by atoms with E-state index in [1.165, 1.54) is 18.2 Å². The summed E-state index contributed by atoms with van der Waals surface area (Å²) in [5.74, 6) is -0.653. The van der Waals surface area contributed by atoms with Crippen LogP contribution in [0.5, 0.6) is 0 Å². The first kappa shape index (κ1) is 15.1. The van der Waals surface area contributed by atoms with Crippen LogP contribution in [0.4, 0.5) is 4.39 Å². The summed E-state index contributed by atoms with van der Waals surface area (Å²) in [7, 11) is 0. The van der Waals surface area contributed by atoms with E-state index in [9.17, 15) is 9.18 Å². The van der Waals surface area contributed by atoms with Gasteiger partial charge in [0.05, 0.1) is 18.8 Å². The highest BCUT2D eigenvalue weighted by Gasteiger charge is 2.09. The average molecular weight is 320 g/mol. The molecule has 0 unspecified atom stereocenters. The van der Waals surface area contributed by atoms with Gasteiger partial charge in [-0.2, -0.15) is 0 Å². The molecular weight excluding hydrogens is 305 g/mol. The molecule has 0 aliphatic carbocycles. The van der Waals surface area contributed by atoms with E-state index in [1.807, 2.05) is 0 Å². The quantitative estimate of drug-likeness (QED) is 0.752.